The summed E-state index contributed by atoms with van der Waals surface area (Å²) in [6, 6.07) is 9.26. The minimum atomic E-state index is -0.230. The second kappa shape index (κ2) is 8.60. The highest BCUT2D eigenvalue weighted by Crippen LogP contribution is 2.17. The van der Waals surface area contributed by atoms with E-state index in [1.165, 1.54) is 0 Å². The lowest BCUT2D eigenvalue weighted by Crippen LogP contribution is -3.11. The van der Waals surface area contributed by atoms with Crippen LogP contribution >= 0.6 is 11.6 Å². The predicted octanol–water partition coefficient (Wildman–Crippen LogP) is 1.44. The second-order valence-electron chi connectivity index (χ2n) is 6.07. The Balaban J connectivity index is 1.85. The number of likely N-dealkylation sites (N-methyl/N-ethyl adjacent to an activating group) is 1. The third-order valence-electron chi connectivity index (χ3n) is 3.63. The Labute approximate surface area is 152 Å². The van der Waals surface area contributed by atoms with Crippen molar-refractivity contribution < 1.29 is 14.5 Å². The lowest BCUT2D eigenvalue weighted by Gasteiger charge is -2.15. The first kappa shape index (κ1) is 18.9. The van der Waals surface area contributed by atoms with Gasteiger partial charge in [-0.2, -0.15) is 0 Å². The van der Waals surface area contributed by atoms with Crippen LogP contribution in [0.25, 0.3) is 0 Å². The summed E-state index contributed by atoms with van der Waals surface area (Å²) in [7, 11) is 1.78. The van der Waals surface area contributed by atoms with Crippen LogP contribution in [0.5, 0.6) is 0 Å². The fraction of sp³-hybridized carbons (Fsp3) is 0.278. The van der Waals surface area contributed by atoms with Gasteiger partial charge in [-0.15, -0.1) is 0 Å². The van der Waals surface area contributed by atoms with Crippen LogP contribution < -0.4 is 15.5 Å². The summed E-state index contributed by atoms with van der Waals surface area (Å²) in [6.07, 6.45) is 1.55. The number of quaternary nitrogens is 1. The van der Waals surface area contributed by atoms with Crippen molar-refractivity contribution in [2.24, 2.45) is 0 Å². The summed E-state index contributed by atoms with van der Waals surface area (Å²) >= 11 is 5.91. The molecule has 2 amide bonds. The zero-order valence-electron chi connectivity index (χ0n) is 14.5. The number of aryl methyl sites for hydroxylation is 2. The molecule has 0 aliphatic rings. The normalized spacial score (nSPS) is 11.7. The van der Waals surface area contributed by atoms with Crippen molar-refractivity contribution in [3.63, 3.8) is 0 Å². The number of nitrogens with zero attached hydrogens (tertiary/aromatic N) is 1. The summed E-state index contributed by atoms with van der Waals surface area (Å²) in [4.78, 5) is 28.9. The van der Waals surface area contributed by atoms with E-state index in [1.807, 2.05) is 32.0 Å². The van der Waals surface area contributed by atoms with Crippen LogP contribution in [0.3, 0.4) is 0 Å². The van der Waals surface area contributed by atoms with Crippen molar-refractivity contribution in [1.82, 2.24) is 4.98 Å². The summed E-state index contributed by atoms with van der Waals surface area (Å²) in [5.74, 6) is -0.370. The number of aromatic nitrogens is 1. The molecule has 1 heterocycles. The number of hydrogen-bond donors (Lipinski definition) is 3. The van der Waals surface area contributed by atoms with Gasteiger partial charge < -0.3 is 15.5 Å². The van der Waals surface area contributed by atoms with Gasteiger partial charge in [0.1, 0.15) is 0 Å². The molecule has 1 unspecified atom stereocenters. The summed E-state index contributed by atoms with van der Waals surface area (Å²) in [5, 5.41) is 5.82. The number of rotatable bonds is 6. The molecule has 0 saturated heterocycles. The molecule has 0 aliphatic heterocycles. The third-order valence-corrected chi connectivity index (χ3v) is 3.93. The van der Waals surface area contributed by atoms with Gasteiger partial charge in [0.05, 0.1) is 12.7 Å². The van der Waals surface area contributed by atoms with Crippen LogP contribution in [-0.4, -0.2) is 36.9 Å². The van der Waals surface area contributed by atoms with Gasteiger partial charge in [0.25, 0.3) is 11.8 Å². The van der Waals surface area contributed by atoms with Gasteiger partial charge in [0.2, 0.25) is 0 Å². The number of pyridine rings is 1. The molecule has 6 nitrogen and oxygen atoms in total. The molecule has 0 radical (unpaired) electrons. The Morgan fingerprint density at radius 1 is 1.08 bits per heavy atom. The molecule has 1 atom stereocenters. The Morgan fingerprint density at radius 3 is 2.36 bits per heavy atom. The topological polar surface area (TPSA) is 75.5 Å². The van der Waals surface area contributed by atoms with E-state index < -0.39 is 0 Å². The van der Waals surface area contributed by atoms with E-state index in [4.69, 9.17) is 11.6 Å². The van der Waals surface area contributed by atoms with Crippen LogP contribution in [0.1, 0.15) is 11.1 Å². The molecule has 0 aliphatic carbocycles. The largest absolute Gasteiger partial charge is 0.322 e. The van der Waals surface area contributed by atoms with Gasteiger partial charge in [-0.1, -0.05) is 23.7 Å². The molecule has 132 valence electrons. The summed E-state index contributed by atoms with van der Waals surface area (Å²) < 4.78 is 0. The number of carbonyl (C=O) groups is 2. The van der Waals surface area contributed by atoms with E-state index in [9.17, 15) is 9.59 Å². The average molecular weight is 362 g/mol. The number of amides is 2. The molecule has 0 saturated carbocycles. The van der Waals surface area contributed by atoms with Crippen molar-refractivity contribution >= 4 is 34.8 Å². The van der Waals surface area contributed by atoms with E-state index in [0.717, 1.165) is 21.7 Å². The van der Waals surface area contributed by atoms with Gasteiger partial charge in [0.15, 0.2) is 18.2 Å². The minimum absolute atomic E-state index is 0.140. The van der Waals surface area contributed by atoms with Crippen molar-refractivity contribution in [3.8, 4) is 0 Å². The fourth-order valence-corrected chi connectivity index (χ4v) is 2.52. The molecule has 3 N–H and O–H groups in total. The third kappa shape index (κ3) is 5.85. The van der Waals surface area contributed by atoms with E-state index in [-0.39, 0.29) is 30.1 Å². The maximum atomic E-state index is 12.2. The standard InChI is InChI=1S/C18H21ClN4O2/c1-12-6-7-13(2)15(9-12)22-17(25)11-23(3)10-16(24)21-14-5-4-8-20-18(14)19/h4-9H,10-11H2,1-3H3,(H,21,24)(H,22,25)/p+1. The number of anilines is 2. The molecule has 0 bridgehead atoms. The van der Waals surface area contributed by atoms with Gasteiger partial charge in [-0.25, -0.2) is 4.98 Å². The number of halogens is 1. The van der Waals surface area contributed by atoms with E-state index >= 15 is 0 Å². The highest BCUT2D eigenvalue weighted by molar-refractivity contribution is 6.32. The first-order valence-electron chi connectivity index (χ1n) is 7.94. The number of hydrogen-bond acceptors (Lipinski definition) is 3. The lowest BCUT2D eigenvalue weighted by molar-refractivity contribution is -0.862. The van der Waals surface area contributed by atoms with Crippen LogP contribution in [0.15, 0.2) is 36.5 Å². The highest BCUT2D eigenvalue weighted by atomic mass is 35.5. The fourth-order valence-electron chi connectivity index (χ4n) is 2.35. The zero-order valence-corrected chi connectivity index (χ0v) is 15.3. The van der Waals surface area contributed by atoms with Gasteiger partial charge in [-0.05, 0) is 43.2 Å². The SMILES string of the molecule is Cc1ccc(C)c(NC(=O)C[NH+](C)CC(=O)Nc2cccnc2Cl)c1. The van der Waals surface area contributed by atoms with Gasteiger partial charge in [0, 0.05) is 11.9 Å². The molecule has 2 rings (SSSR count). The molecule has 1 aromatic carbocycles. The molecule has 0 fully saturated rings. The molecular weight excluding hydrogens is 340 g/mol. The minimum Gasteiger partial charge on any atom is -0.322 e. The lowest BCUT2D eigenvalue weighted by atomic mass is 10.1. The molecule has 1 aromatic heterocycles. The number of nitrogens with one attached hydrogen (secondary N) is 3. The first-order valence-corrected chi connectivity index (χ1v) is 8.31. The van der Waals surface area contributed by atoms with Crippen LogP contribution in [0.2, 0.25) is 5.15 Å². The zero-order chi connectivity index (χ0) is 18.4. The van der Waals surface area contributed by atoms with Crippen molar-refractivity contribution in [3.05, 3.63) is 52.8 Å². The van der Waals surface area contributed by atoms with E-state index in [1.54, 1.807) is 25.4 Å². The predicted molar refractivity (Wildman–Crippen MR) is 99.0 cm³/mol. The smallest absolute Gasteiger partial charge is 0.279 e. The monoisotopic (exact) mass is 361 g/mol. The Bertz CT molecular complexity index is 779. The van der Waals surface area contributed by atoms with E-state index in [0.29, 0.717) is 5.69 Å². The molecule has 2 aromatic rings. The maximum Gasteiger partial charge on any atom is 0.279 e. The molecule has 25 heavy (non-hydrogen) atoms. The molecule has 7 heteroatoms. The van der Waals surface area contributed by atoms with Crippen LogP contribution in [0, 0.1) is 13.8 Å². The average Bonchev–Trinajstić information content (AvgIpc) is 2.52. The van der Waals surface area contributed by atoms with Crippen molar-refractivity contribution in [2.45, 2.75) is 13.8 Å². The van der Waals surface area contributed by atoms with Crippen molar-refractivity contribution in [1.29, 1.82) is 0 Å². The van der Waals surface area contributed by atoms with Gasteiger partial charge in [-0.3, -0.25) is 9.59 Å². The van der Waals surface area contributed by atoms with Crippen molar-refractivity contribution in [2.75, 3.05) is 30.8 Å². The Morgan fingerprint density at radius 2 is 1.72 bits per heavy atom. The molecule has 0 spiro atoms. The Kier molecular flexibility index (Phi) is 6.50. The quantitative estimate of drug-likeness (QED) is 0.681. The van der Waals surface area contributed by atoms with E-state index in [2.05, 4.69) is 15.6 Å². The first-order chi connectivity index (χ1) is 11.8. The summed E-state index contributed by atoms with van der Waals surface area (Å²) in [5.41, 5.74) is 3.33. The van der Waals surface area contributed by atoms with Crippen LogP contribution in [-0.2, 0) is 9.59 Å². The number of benzene rings is 1. The highest BCUT2D eigenvalue weighted by Gasteiger charge is 2.16. The van der Waals surface area contributed by atoms with Gasteiger partial charge >= 0.3 is 0 Å². The molecular formula is C18H22ClN4O2+. The maximum absolute atomic E-state index is 12.2. The second-order valence-corrected chi connectivity index (χ2v) is 6.43. The number of carbonyl (C=O) groups excluding carboxylic acids is 2. The Hall–Kier alpha value is -2.44. The van der Waals surface area contributed by atoms with Crippen LogP contribution in [0.4, 0.5) is 11.4 Å². The summed E-state index contributed by atoms with van der Waals surface area (Å²) in [6.45, 7) is 4.24.